The highest BCUT2D eigenvalue weighted by molar-refractivity contribution is 7.93. The normalized spacial score (nSPS) is 17.2. The Morgan fingerprint density at radius 3 is 2.60 bits per heavy atom. The van der Waals surface area contributed by atoms with E-state index in [1.165, 1.54) is 4.31 Å². The van der Waals surface area contributed by atoms with Crippen LogP contribution in [0, 0.1) is 0 Å². The summed E-state index contributed by atoms with van der Waals surface area (Å²) in [5, 5.41) is 2.77. The third kappa shape index (κ3) is 4.18. The molecule has 6 nitrogen and oxygen atoms in total. The molecule has 1 saturated heterocycles. The first-order chi connectivity index (χ1) is 12.0. The van der Waals surface area contributed by atoms with Crippen molar-refractivity contribution >= 4 is 27.3 Å². The van der Waals surface area contributed by atoms with Crippen LogP contribution in [0.2, 0.25) is 0 Å². The molecule has 25 heavy (non-hydrogen) atoms. The zero-order valence-corrected chi connectivity index (χ0v) is 14.6. The number of rotatable bonds is 5. The zero-order chi connectivity index (χ0) is 17.9. The Labute approximate surface area is 147 Å². The Balaban J connectivity index is 1.68. The molecular weight excluding hydrogens is 338 g/mol. The van der Waals surface area contributed by atoms with E-state index >= 15 is 0 Å². The lowest BCUT2D eigenvalue weighted by Crippen LogP contribution is -2.37. The topological polar surface area (TPSA) is 92.5 Å². The number of nitrogens with one attached hydrogen (secondary N) is 1. The number of sulfonamides is 1. The Morgan fingerprint density at radius 2 is 1.92 bits per heavy atom. The van der Waals surface area contributed by atoms with Crippen molar-refractivity contribution in [2.75, 3.05) is 21.9 Å². The molecule has 2 aromatic rings. The van der Waals surface area contributed by atoms with Gasteiger partial charge in [0.2, 0.25) is 15.9 Å². The molecular formula is C18H21N3O3S. The summed E-state index contributed by atoms with van der Waals surface area (Å²) in [7, 11) is -3.25. The van der Waals surface area contributed by atoms with E-state index in [1.807, 2.05) is 30.3 Å². The molecule has 0 spiro atoms. The van der Waals surface area contributed by atoms with E-state index in [1.54, 1.807) is 24.3 Å². The van der Waals surface area contributed by atoms with Gasteiger partial charge in [0, 0.05) is 12.2 Å². The van der Waals surface area contributed by atoms with Crippen molar-refractivity contribution in [3.63, 3.8) is 0 Å². The molecule has 0 unspecified atom stereocenters. The van der Waals surface area contributed by atoms with E-state index < -0.39 is 16.1 Å². The van der Waals surface area contributed by atoms with Gasteiger partial charge in [-0.2, -0.15) is 0 Å². The van der Waals surface area contributed by atoms with Gasteiger partial charge in [-0.1, -0.05) is 36.4 Å². The number of benzene rings is 2. The fourth-order valence-corrected chi connectivity index (χ4v) is 4.42. The van der Waals surface area contributed by atoms with E-state index in [2.05, 4.69) is 5.32 Å². The van der Waals surface area contributed by atoms with Gasteiger partial charge in [-0.15, -0.1) is 0 Å². The zero-order valence-electron chi connectivity index (χ0n) is 13.8. The van der Waals surface area contributed by atoms with Crippen molar-refractivity contribution < 1.29 is 13.2 Å². The predicted octanol–water partition coefficient (Wildman–Crippen LogP) is 1.74. The number of carbonyl (C=O) groups is 1. The van der Waals surface area contributed by atoms with Crippen molar-refractivity contribution in [1.82, 2.24) is 0 Å². The lowest BCUT2D eigenvalue weighted by molar-refractivity contribution is -0.117. The fraction of sp³-hybridized carbons (Fsp3) is 0.278. The van der Waals surface area contributed by atoms with Crippen LogP contribution in [0.3, 0.4) is 0 Å². The van der Waals surface area contributed by atoms with Crippen LogP contribution >= 0.6 is 0 Å². The molecule has 1 aliphatic rings. The summed E-state index contributed by atoms with van der Waals surface area (Å²) in [5.41, 5.74) is 8.07. The monoisotopic (exact) mass is 359 g/mol. The molecule has 1 amide bonds. The summed E-state index contributed by atoms with van der Waals surface area (Å²) in [4.78, 5) is 12.3. The minimum absolute atomic E-state index is 0.158. The number of nitrogens with two attached hydrogens (primary N) is 1. The maximum Gasteiger partial charge on any atom is 0.241 e. The van der Waals surface area contributed by atoms with Gasteiger partial charge in [0.25, 0.3) is 0 Å². The van der Waals surface area contributed by atoms with Gasteiger partial charge >= 0.3 is 0 Å². The fourth-order valence-electron chi connectivity index (χ4n) is 2.86. The molecule has 0 aromatic heterocycles. The molecule has 0 bridgehead atoms. The molecule has 132 valence electrons. The molecule has 7 heteroatoms. The van der Waals surface area contributed by atoms with Crippen LogP contribution < -0.4 is 15.4 Å². The van der Waals surface area contributed by atoms with Crippen LogP contribution in [-0.4, -0.2) is 32.7 Å². The molecule has 1 aliphatic heterocycles. The highest BCUT2D eigenvalue weighted by Gasteiger charge is 2.28. The van der Waals surface area contributed by atoms with E-state index in [9.17, 15) is 13.2 Å². The highest BCUT2D eigenvalue weighted by Crippen LogP contribution is 2.26. The third-order valence-electron chi connectivity index (χ3n) is 4.14. The Hall–Kier alpha value is -2.38. The second-order valence-corrected chi connectivity index (χ2v) is 8.09. The lowest BCUT2D eigenvalue weighted by Gasteiger charge is -2.18. The van der Waals surface area contributed by atoms with Gasteiger partial charge < -0.3 is 11.1 Å². The molecule has 1 atom stereocenters. The number of anilines is 2. The summed E-state index contributed by atoms with van der Waals surface area (Å²) in [6.45, 7) is 0.466. The van der Waals surface area contributed by atoms with Crippen LogP contribution in [0.5, 0.6) is 0 Å². The number of carbonyl (C=O) groups excluding carboxylic acids is 1. The summed E-state index contributed by atoms with van der Waals surface area (Å²) in [5.74, 6) is -0.142. The Kier molecular flexibility index (Phi) is 5.06. The predicted molar refractivity (Wildman–Crippen MR) is 98.9 cm³/mol. The Morgan fingerprint density at radius 1 is 1.16 bits per heavy atom. The SMILES string of the molecule is N[C@@H](Cc1ccccc1)C(=O)Nc1cccc(N2CCCS2(=O)=O)c1. The maximum atomic E-state index is 12.3. The van der Waals surface area contributed by atoms with Crippen molar-refractivity contribution in [3.8, 4) is 0 Å². The molecule has 3 N–H and O–H groups in total. The maximum absolute atomic E-state index is 12.3. The summed E-state index contributed by atoms with van der Waals surface area (Å²) in [6, 6.07) is 15.7. The molecule has 0 aliphatic carbocycles. The summed E-state index contributed by atoms with van der Waals surface area (Å²) >= 11 is 0. The summed E-state index contributed by atoms with van der Waals surface area (Å²) < 4.78 is 25.4. The first-order valence-corrected chi connectivity index (χ1v) is 9.77. The van der Waals surface area contributed by atoms with Crippen LogP contribution in [0.15, 0.2) is 54.6 Å². The van der Waals surface area contributed by atoms with Crippen LogP contribution in [0.1, 0.15) is 12.0 Å². The van der Waals surface area contributed by atoms with Gasteiger partial charge in [0.05, 0.1) is 17.5 Å². The molecule has 1 heterocycles. The molecule has 2 aromatic carbocycles. The van der Waals surface area contributed by atoms with Crippen molar-refractivity contribution in [1.29, 1.82) is 0 Å². The number of nitrogens with zero attached hydrogens (tertiary/aromatic N) is 1. The quantitative estimate of drug-likeness (QED) is 0.850. The number of amides is 1. The smallest absolute Gasteiger partial charge is 0.241 e. The van der Waals surface area contributed by atoms with E-state index in [0.29, 0.717) is 30.8 Å². The number of hydrogen-bond acceptors (Lipinski definition) is 4. The third-order valence-corrected chi connectivity index (χ3v) is 6.01. The van der Waals surface area contributed by atoms with Gasteiger partial charge in [-0.3, -0.25) is 9.10 Å². The van der Waals surface area contributed by atoms with Crippen LogP contribution in [0.25, 0.3) is 0 Å². The van der Waals surface area contributed by atoms with E-state index in [-0.39, 0.29) is 11.7 Å². The van der Waals surface area contributed by atoms with Crippen LogP contribution in [0.4, 0.5) is 11.4 Å². The molecule has 1 fully saturated rings. The van der Waals surface area contributed by atoms with Crippen LogP contribution in [-0.2, 0) is 21.2 Å². The van der Waals surface area contributed by atoms with Gasteiger partial charge in [-0.25, -0.2) is 8.42 Å². The first-order valence-electron chi connectivity index (χ1n) is 8.16. The lowest BCUT2D eigenvalue weighted by atomic mass is 10.1. The molecule has 0 radical (unpaired) electrons. The number of hydrogen-bond donors (Lipinski definition) is 2. The second-order valence-electron chi connectivity index (χ2n) is 6.08. The van der Waals surface area contributed by atoms with E-state index in [0.717, 1.165) is 5.56 Å². The summed E-state index contributed by atoms with van der Waals surface area (Å²) in [6.07, 6.45) is 1.05. The molecule has 0 saturated carbocycles. The average molecular weight is 359 g/mol. The van der Waals surface area contributed by atoms with Crippen molar-refractivity contribution in [2.24, 2.45) is 5.73 Å². The van der Waals surface area contributed by atoms with Crippen molar-refractivity contribution in [3.05, 3.63) is 60.2 Å². The van der Waals surface area contributed by atoms with Crippen molar-refractivity contribution in [2.45, 2.75) is 18.9 Å². The largest absolute Gasteiger partial charge is 0.325 e. The first kappa shape index (κ1) is 17.4. The molecule has 3 rings (SSSR count). The average Bonchev–Trinajstić information content (AvgIpc) is 2.95. The van der Waals surface area contributed by atoms with Gasteiger partial charge in [0.1, 0.15) is 0 Å². The highest BCUT2D eigenvalue weighted by atomic mass is 32.2. The minimum Gasteiger partial charge on any atom is -0.325 e. The van der Waals surface area contributed by atoms with Gasteiger partial charge in [0.15, 0.2) is 0 Å². The standard InChI is InChI=1S/C18H21N3O3S/c19-17(12-14-6-2-1-3-7-14)18(22)20-15-8-4-9-16(13-15)21-10-5-11-25(21,23)24/h1-4,6-9,13,17H,5,10-12,19H2,(H,20,22)/t17-/m0/s1. The minimum atomic E-state index is -3.25. The second kappa shape index (κ2) is 7.25. The van der Waals surface area contributed by atoms with E-state index in [4.69, 9.17) is 5.73 Å². The van der Waals surface area contributed by atoms with Gasteiger partial charge in [-0.05, 0) is 36.6 Å². The Bertz CT molecular complexity index is 853.